The Balaban J connectivity index is 1.50. The van der Waals surface area contributed by atoms with E-state index in [1.807, 2.05) is 30.3 Å². The number of carbonyl (C=O) groups is 1. The van der Waals surface area contributed by atoms with Crippen molar-refractivity contribution >= 4 is 17.3 Å². The SMILES string of the molecule is COc1ccc(C(=O)Nc2ccc(C3Nc4ccncc4O3)cc2)c(OC)c1OC. The summed E-state index contributed by atoms with van der Waals surface area (Å²) in [5.41, 5.74) is 2.79. The molecule has 1 aliphatic rings. The van der Waals surface area contributed by atoms with Gasteiger partial charge in [0.2, 0.25) is 5.75 Å². The van der Waals surface area contributed by atoms with Gasteiger partial charge in [-0.15, -0.1) is 0 Å². The van der Waals surface area contributed by atoms with Crippen molar-refractivity contribution in [3.05, 3.63) is 66.0 Å². The fourth-order valence-electron chi connectivity index (χ4n) is 3.26. The molecule has 0 saturated carbocycles. The van der Waals surface area contributed by atoms with Crippen LogP contribution in [0.5, 0.6) is 23.0 Å². The molecule has 0 aliphatic carbocycles. The third kappa shape index (κ3) is 3.55. The molecule has 8 nitrogen and oxygen atoms in total. The smallest absolute Gasteiger partial charge is 0.259 e. The first-order valence-electron chi connectivity index (χ1n) is 9.22. The van der Waals surface area contributed by atoms with E-state index in [-0.39, 0.29) is 12.1 Å². The van der Waals surface area contributed by atoms with Gasteiger partial charge in [0.05, 0.1) is 38.8 Å². The molecule has 2 aromatic carbocycles. The number of fused-ring (bicyclic) bond motifs is 1. The summed E-state index contributed by atoms with van der Waals surface area (Å²) in [4.78, 5) is 16.9. The van der Waals surface area contributed by atoms with Gasteiger partial charge in [-0.1, -0.05) is 12.1 Å². The molecule has 154 valence electrons. The van der Waals surface area contributed by atoms with Crippen LogP contribution in [0.4, 0.5) is 11.4 Å². The van der Waals surface area contributed by atoms with E-state index in [0.717, 1.165) is 11.3 Å². The predicted octanol–water partition coefficient (Wildman–Crippen LogP) is 3.86. The lowest BCUT2D eigenvalue weighted by atomic mass is 10.1. The van der Waals surface area contributed by atoms with E-state index >= 15 is 0 Å². The van der Waals surface area contributed by atoms with Crippen LogP contribution in [0.15, 0.2) is 54.9 Å². The molecule has 1 atom stereocenters. The molecule has 0 fully saturated rings. The number of benzene rings is 2. The van der Waals surface area contributed by atoms with E-state index < -0.39 is 0 Å². The number of hydrogen-bond donors (Lipinski definition) is 2. The highest BCUT2D eigenvalue weighted by Gasteiger charge is 2.24. The Labute approximate surface area is 173 Å². The maximum Gasteiger partial charge on any atom is 0.259 e. The lowest BCUT2D eigenvalue weighted by molar-refractivity contribution is 0.102. The lowest BCUT2D eigenvalue weighted by Gasteiger charge is -2.16. The normalized spacial score (nSPS) is 14.2. The molecule has 0 radical (unpaired) electrons. The van der Waals surface area contributed by atoms with Gasteiger partial charge in [-0.2, -0.15) is 0 Å². The molecule has 30 heavy (non-hydrogen) atoms. The average molecular weight is 407 g/mol. The van der Waals surface area contributed by atoms with Crippen molar-refractivity contribution in [3.8, 4) is 23.0 Å². The first-order chi connectivity index (χ1) is 14.6. The summed E-state index contributed by atoms with van der Waals surface area (Å²) in [7, 11) is 4.50. The molecule has 2 heterocycles. The molecule has 1 aliphatic heterocycles. The Morgan fingerprint density at radius 3 is 2.43 bits per heavy atom. The molecular formula is C22H21N3O5. The minimum Gasteiger partial charge on any atom is -0.493 e. The fourth-order valence-corrected chi connectivity index (χ4v) is 3.26. The van der Waals surface area contributed by atoms with Gasteiger partial charge in [0, 0.05) is 17.4 Å². The number of amides is 1. The average Bonchev–Trinajstić information content (AvgIpc) is 3.22. The number of anilines is 2. The van der Waals surface area contributed by atoms with Gasteiger partial charge in [-0.3, -0.25) is 9.78 Å². The van der Waals surface area contributed by atoms with Crippen molar-refractivity contribution in [3.63, 3.8) is 0 Å². The molecule has 1 aromatic heterocycles. The second kappa shape index (κ2) is 8.20. The fraction of sp³-hybridized carbons (Fsp3) is 0.182. The second-order valence-electron chi connectivity index (χ2n) is 6.47. The van der Waals surface area contributed by atoms with Gasteiger partial charge < -0.3 is 29.6 Å². The molecule has 1 amide bonds. The standard InChI is InChI=1S/C22H21N3O5/c1-27-17-9-8-15(19(28-2)20(17)29-3)21(26)24-14-6-4-13(5-7-14)22-25-16-10-11-23-12-18(16)30-22/h4-12,22,25H,1-3H3,(H,24,26). The van der Waals surface area contributed by atoms with E-state index in [4.69, 9.17) is 18.9 Å². The van der Waals surface area contributed by atoms with Crippen LogP contribution in [0.3, 0.4) is 0 Å². The van der Waals surface area contributed by atoms with Crippen molar-refractivity contribution in [1.29, 1.82) is 0 Å². The van der Waals surface area contributed by atoms with E-state index in [1.54, 1.807) is 24.5 Å². The van der Waals surface area contributed by atoms with Crippen molar-refractivity contribution < 1.29 is 23.7 Å². The molecule has 4 rings (SSSR count). The highest BCUT2D eigenvalue weighted by molar-refractivity contribution is 6.07. The van der Waals surface area contributed by atoms with Crippen LogP contribution < -0.4 is 29.6 Å². The number of hydrogen-bond acceptors (Lipinski definition) is 7. The number of nitrogens with one attached hydrogen (secondary N) is 2. The first-order valence-corrected chi connectivity index (χ1v) is 9.22. The second-order valence-corrected chi connectivity index (χ2v) is 6.47. The number of nitrogens with zero attached hydrogens (tertiary/aromatic N) is 1. The highest BCUT2D eigenvalue weighted by atomic mass is 16.5. The minimum absolute atomic E-state index is 0.306. The van der Waals surface area contributed by atoms with Gasteiger partial charge >= 0.3 is 0 Å². The van der Waals surface area contributed by atoms with E-state index in [2.05, 4.69) is 15.6 Å². The first kappa shape index (κ1) is 19.4. The zero-order valence-corrected chi connectivity index (χ0v) is 16.8. The van der Waals surface area contributed by atoms with Gasteiger partial charge in [-0.25, -0.2) is 0 Å². The van der Waals surface area contributed by atoms with E-state index in [0.29, 0.717) is 34.2 Å². The van der Waals surface area contributed by atoms with Crippen LogP contribution in [-0.2, 0) is 0 Å². The molecular weight excluding hydrogens is 386 g/mol. The largest absolute Gasteiger partial charge is 0.493 e. The lowest BCUT2D eigenvalue weighted by Crippen LogP contribution is -2.14. The molecule has 2 N–H and O–H groups in total. The minimum atomic E-state index is -0.325. The van der Waals surface area contributed by atoms with Crippen LogP contribution in [0.25, 0.3) is 0 Å². The van der Waals surface area contributed by atoms with Gasteiger partial charge in [0.15, 0.2) is 23.5 Å². The van der Waals surface area contributed by atoms with Crippen molar-refractivity contribution in [2.75, 3.05) is 32.0 Å². The molecule has 0 saturated heterocycles. The summed E-state index contributed by atoms with van der Waals surface area (Å²) in [5.74, 6) is 1.53. The summed E-state index contributed by atoms with van der Waals surface area (Å²) in [6.07, 6.45) is 3.08. The van der Waals surface area contributed by atoms with E-state index in [1.165, 1.54) is 21.3 Å². The molecule has 8 heteroatoms. The Morgan fingerprint density at radius 2 is 1.77 bits per heavy atom. The van der Waals surface area contributed by atoms with Gasteiger partial charge in [-0.05, 0) is 30.3 Å². The van der Waals surface area contributed by atoms with Crippen LogP contribution in [0, 0.1) is 0 Å². The quantitative estimate of drug-likeness (QED) is 0.641. The maximum absolute atomic E-state index is 12.8. The zero-order chi connectivity index (χ0) is 21.1. The third-order valence-electron chi connectivity index (χ3n) is 4.74. The Hall–Kier alpha value is -3.94. The van der Waals surface area contributed by atoms with Crippen LogP contribution >= 0.6 is 0 Å². The monoisotopic (exact) mass is 407 g/mol. The molecule has 0 spiro atoms. The summed E-state index contributed by atoms with van der Waals surface area (Å²) in [5, 5.41) is 6.15. The Bertz CT molecular complexity index is 1040. The number of carbonyl (C=O) groups excluding carboxylic acids is 1. The predicted molar refractivity (Wildman–Crippen MR) is 112 cm³/mol. The van der Waals surface area contributed by atoms with Crippen molar-refractivity contribution in [2.45, 2.75) is 6.23 Å². The zero-order valence-electron chi connectivity index (χ0n) is 16.8. The van der Waals surface area contributed by atoms with E-state index in [9.17, 15) is 4.79 Å². The summed E-state index contributed by atoms with van der Waals surface area (Å²) >= 11 is 0. The van der Waals surface area contributed by atoms with Gasteiger partial charge in [0.1, 0.15) is 0 Å². The third-order valence-corrected chi connectivity index (χ3v) is 4.74. The number of aromatic nitrogens is 1. The molecule has 0 bridgehead atoms. The van der Waals surface area contributed by atoms with Crippen LogP contribution in [0.1, 0.15) is 22.1 Å². The summed E-state index contributed by atoms with van der Waals surface area (Å²) < 4.78 is 21.8. The highest BCUT2D eigenvalue weighted by Crippen LogP contribution is 2.40. The van der Waals surface area contributed by atoms with Crippen LogP contribution in [-0.4, -0.2) is 32.2 Å². The molecule has 3 aromatic rings. The maximum atomic E-state index is 12.8. The Kier molecular flexibility index (Phi) is 5.30. The number of rotatable bonds is 6. The summed E-state index contributed by atoms with van der Waals surface area (Å²) in [6.45, 7) is 0. The van der Waals surface area contributed by atoms with Crippen molar-refractivity contribution in [1.82, 2.24) is 4.98 Å². The molecule has 1 unspecified atom stereocenters. The number of methoxy groups -OCH3 is 3. The van der Waals surface area contributed by atoms with Gasteiger partial charge in [0.25, 0.3) is 5.91 Å². The van der Waals surface area contributed by atoms with Crippen molar-refractivity contribution in [2.24, 2.45) is 0 Å². The summed E-state index contributed by atoms with van der Waals surface area (Å²) in [6, 6.07) is 12.6. The number of ether oxygens (including phenoxy) is 4. The van der Waals surface area contributed by atoms with Crippen LogP contribution in [0.2, 0.25) is 0 Å². The Morgan fingerprint density at radius 1 is 1.00 bits per heavy atom. The topological polar surface area (TPSA) is 90.9 Å². The number of pyridine rings is 1.